The van der Waals surface area contributed by atoms with E-state index in [2.05, 4.69) is 5.32 Å². The zero-order valence-electron chi connectivity index (χ0n) is 13.5. The highest BCUT2D eigenvalue weighted by Crippen LogP contribution is 2.22. The lowest BCUT2D eigenvalue weighted by Crippen LogP contribution is -2.54. The SMILES string of the molecule is CN(C(=O)CN)[C@@H]1CCCC[C@H]1NC(=O)OCc1ccccc1. The lowest BCUT2D eigenvalue weighted by atomic mass is 9.89. The van der Waals surface area contributed by atoms with Crippen LogP contribution in [0.1, 0.15) is 31.2 Å². The number of nitrogens with zero attached hydrogens (tertiary/aromatic N) is 1. The second kappa shape index (κ2) is 8.53. The van der Waals surface area contributed by atoms with Crippen LogP contribution in [0.4, 0.5) is 4.79 Å². The standard InChI is InChI=1S/C17H25N3O3/c1-20(16(21)11-18)15-10-6-5-9-14(15)19-17(22)23-12-13-7-3-2-4-8-13/h2-4,7-8,14-15H,5-6,9-12,18H2,1H3,(H,19,22)/t14-,15-/m1/s1. The van der Waals surface area contributed by atoms with Crippen LogP contribution < -0.4 is 11.1 Å². The number of rotatable bonds is 5. The summed E-state index contributed by atoms with van der Waals surface area (Å²) in [4.78, 5) is 25.5. The number of amides is 2. The summed E-state index contributed by atoms with van der Waals surface area (Å²) in [7, 11) is 1.75. The van der Waals surface area contributed by atoms with Gasteiger partial charge in [0.05, 0.1) is 18.6 Å². The molecule has 0 spiro atoms. The molecule has 1 fully saturated rings. The number of alkyl carbamates (subject to hydrolysis) is 1. The van der Waals surface area contributed by atoms with Crippen molar-refractivity contribution < 1.29 is 14.3 Å². The summed E-state index contributed by atoms with van der Waals surface area (Å²) in [5.41, 5.74) is 6.38. The van der Waals surface area contributed by atoms with E-state index in [-0.39, 0.29) is 31.1 Å². The maximum absolute atomic E-state index is 12.0. The van der Waals surface area contributed by atoms with Gasteiger partial charge in [-0.2, -0.15) is 0 Å². The number of hydrogen-bond acceptors (Lipinski definition) is 4. The highest BCUT2D eigenvalue weighted by atomic mass is 16.5. The van der Waals surface area contributed by atoms with Crippen molar-refractivity contribution in [3.8, 4) is 0 Å². The number of benzene rings is 1. The van der Waals surface area contributed by atoms with Crippen LogP contribution in [0.25, 0.3) is 0 Å². The Hall–Kier alpha value is -2.08. The molecule has 1 aliphatic carbocycles. The minimum Gasteiger partial charge on any atom is -0.445 e. The molecule has 0 aliphatic heterocycles. The van der Waals surface area contributed by atoms with E-state index in [1.807, 2.05) is 30.3 Å². The van der Waals surface area contributed by atoms with E-state index in [0.29, 0.717) is 0 Å². The van der Waals surface area contributed by atoms with Gasteiger partial charge in [0.15, 0.2) is 0 Å². The molecule has 6 heteroatoms. The Morgan fingerprint density at radius 2 is 1.96 bits per heavy atom. The van der Waals surface area contributed by atoms with Crippen LogP contribution in [0.15, 0.2) is 30.3 Å². The summed E-state index contributed by atoms with van der Waals surface area (Å²) in [6.07, 6.45) is 3.34. The second-order valence-electron chi connectivity index (χ2n) is 5.87. The van der Waals surface area contributed by atoms with E-state index >= 15 is 0 Å². The van der Waals surface area contributed by atoms with E-state index in [9.17, 15) is 9.59 Å². The van der Waals surface area contributed by atoms with Crippen molar-refractivity contribution in [2.75, 3.05) is 13.6 Å². The number of nitrogens with two attached hydrogens (primary N) is 1. The number of likely N-dealkylation sites (N-methyl/N-ethyl adjacent to an activating group) is 1. The average Bonchev–Trinajstić information content (AvgIpc) is 2.60. The molecule has 1 aromatic carbocycles. The van der Waals surface area contributed by atoms with Gasteiger partial charge in [-0.25, -0.2) is 4.79 Å². The summed E-state index contributed by atoms with van der Waals surface area (Å²) in [6, 6.07) is 9.42. The van der Waals surface area contributed by atoms with Gasteiger partial charge in [0, 0.05) is 7.05 Å². The summed E-state index contributed by atoms with van der Waals surface area (Å²) in [6.45, 7) is 0.222. The van der Waals surface area contributed by atoms with Crippen LogP contribution in [0.2, 0.25) is 0 Å². The maximum atomic E-state index is 12.0. The molecule has 2 amide bonds. The van der Waals surface area contributed by atoms with E-state index in [4.69, 9.17) is 10.5 Å². The van der Waals surface area contributed by atoms with Gasteiger partial charge in [-0.05, 0) is 18.4 Å². The maximum Gasteiger partial charge on any atom is 0.407 e. The van der Waals surface area contributed by atoms with Crippen LogP contribution in [0.3, 0.4) is 0 Å². The van der Waals surface area contributed by atoms with E-state index in [1.165, 1.54) is 0 Å². The van der Waals surface area contributed by atoms with Crippen molar-refractivity contribution in [3.63, 3.8) is 0 Å². The summed E-state index contributed by atoms with van der Waals surface area (Å²) in [5.74, 6) is -0.110. The molecule has 23 heavy (non-hydrogen) atoms. The number of hydrogen-bond donors (Lipinski definition) is 2. The Balaban J connectivity index is 1.88. The van der Waals surface area contributed by atoms with Gasteiger partial charge >= 0.3 is 6.09 Å². The molecule has 0 heterocycles. The monoisotopic (exact) mass is 319 g/mol. The van der Waals surface area contributed by atoms with Crippen molar-refractivity contribution in [2.24, 2.45) is 5.73 Å². The lowest BCUT2D eigenvalue weighted by Gasteiger charge is -2.38. The van der Waals surface area contributed by atoms with E-state index in [1.54, 1.807) is 11.9 Å². The number of ether oxygens (including phenoxy) is 1. The van der Waals surface area contributed by atoms with Crippen molar-refractivity contribution in [3.05, 3.63) is 35.9 Å². The predicted molar refractivity (Wildman–Crippen MR) is 87.6 cm³/mol. The highest BCUT2D eigenvalue weighted by Gasteiger charge is 2.31. The Morgan fingerprint density at radius 1 is 1.26 bits per heavy atom. The van der Waals surface area contributed by atoms with Gasteiger partial charge in [0.2, 0.25) is 5.91 Å². The molecule has 1 aromatic rings. The molecule has 3 N–H and O–H groups in total. The molecule has 0 aromatic heterocycles. The first kappa shape index (κ1) is 17.3. The van der Waals surface area contributed by atoms with Crippen LogP contribution in [-0.4, -0.2) is 42.6 Å². The highest BCUT2D eigenvalue weighted by molar-refractivity contribution is 5.78. The fourth-order valence-corrected chi connectivity index (χ4v) is 2.99. The first-order chi connectivity index (χ1) is 11.1. The Kier molecular flexibility index (Phi) is 6.40. The first-order valence-electron chi connectivity index (χ1n) is 8.04. The third-order valence-electron chi connectivity index (χ3n) is 4.31. The van der Waals surface area contributed by atoms with Gasteiger partial charge in [-0.15, -0.1) is 0 Å². The first-order valence-corrected chi connectivity index (χ1v) is 8.04. The third-order valence-corrected chi connectivity index (χ3v) is 4.31. The third kappa shape index (κ3) is 4.96. The van der Waals surface area contributed by atoms with Gasteiger partial charge < -0.3 is 20.7 Å². The van der Waals surface area contributed by atoms with Crippen LogP contribution >= 0.6 is 0 Å². The number of nitrogens with one attached hydrogen (secondary N) is 1. The topological polar surface area (TPSA) is 84.7 Å². The molecular weight excluding hydrogens is 294 g/mol. The van der Waals surface area contributed by atoms with Crippen molar-refractivity contribution in [1.29, 1.82) is 0 Å². The minimum atomic E-state index is -0.445. The van der Waals surface area contributed by atoms with Gasteiger partial charge in [0.25, 0.3) is 0 Å². The Morgan fingerprint density at radius 3 is 2.65 bits per heavy atom. The fraction of sp³-hybridized carbons (Fsp3) is 0.529. The Bertz CT molecular complexity index is 521. The fourth-order valence-electron chi connectivity index (χ4n) is 2.99. The lowest BCUT2D eigenvalue weighted by molar-refractivity contribution is -0.131. The van der Waals surface area contributed by atoms with Crippen molar-refractivity contribution in [2.45, 2.75) is 44.4 Å². The number of carbonyl (C=O) groups excluding carboxylic acids is 2. The Labute approximate surface area is 137 Å². The van der Waals surface area contributed by atoms with E-state index in [0.717, 1.165) is 31.2 Å². The molecule has 0 unspecified atom stereocenters. The van der Waals surface area contributed by atoms with Gasteiger partial charge in [-0.1, -0.05) is 43.2 Å². The molecular formula is C17H25N3O3. The molecule has 126 valence electrons. The van der Waals surface area contributed by atoms with Crippen molar-refractivity contribution in [1.82, 2.24) is 10.2 Å². The molecule has 2 rings (SSSR count). The van der Waals surface area contributed by atoms with Crippen LogP contribution in [0.5, 0.6) is 0 Å². The predicted octanol–water partition coefficient (Wildman–Crippen LogP) is 1.64. The molecule has 0 saturated heterocycles. The molecule has 1 saturated carbocycles. The summed E-state index contributed by atoms with van der Waals surface area (Å²) >= 11 is 0. The molecule has 6 nitrogen and oxygen atoms in total. The smallest absolute Gasteiger partial charge is 0.407 e. The zero-order chi connectivity index (χ0) is 16.7. The van der Waals surface area contributed by atoms with Crippen LogP contribution in [0, 0.1) is 0 Å². The van der Waals surface area contributed by atoms with Crippen molar-refractivity contribution >= 4 is 12.0 Å². The van der Waals surface area contributed by atoms with E-state index < -0.39 is 6.09 Å². The average molecular weight is 319 g/mol. The largest absolute Gasteiger partial charge is 0.445 e. The molecule has 0 bridgehead atoms. The molecule has 0 radical (unpaired) electrons. The summed E-state index contributed by atoms with van der Waals surface area (Å²) in [5, 5.41) is 2.90. The summed E-state index contributed by atoms with van der Waals surface area (Å²) < 4.78 is 5.27. The van der Waals surface area contributed by atoms with Gasteiger partial charge in [-0.3, -0.25) is 4.79 Å². The normalized spacial score (nSPS) is 20.6. The second-order valence-corrected chi connectivity index (χ2v) is 5.87. The zero-order valence-corrected chi connectivity index (χ0v) is 13.5. The molecule has 1 aliphatic rings. The number of carbonyl (C=O) groups is 2. The van der Waals surface area contributed by atoms with Crippen LogP contribution in [-0.2, 0) is 16.1 Å². The molecule has 2 atom stereocenters. The quantitative estimate of drug-likeness (QED) is 0.864. The minimum absolute atomic E-state index is 0.0157. The van der Waals surface area contributed by atoms with Gasteiger partial charge in [0.1, 0.15) is 6.61 Å².